The molecular weight excluding hydrogens is 625 g/mol. The van der Waals surface area contributed by atoms with Gasteiger partial charge in [-0.1, -0.05) is 133 Å². The molecule has 5 nitrogen and oxygen atoms in total. The van der Waals surface area contributed by atoms with E-state index in [1.54, 1.807) is 0 Å². The lowest BCUT2D eigenvalue weighted by Gasteiger charge is -2.12. The minimum atomic E-state index is 0.535. The monoisotopic (exact) mass is 654 g/mol. The minimum absolute atomic E-state index is 0.535. The van der Waals surface area contributed by atoms with Gasteiger partial charge in [0.2, 0.25) is 0 Å². The molecule has 3 aromatic heterocycles. The zero-order chi connectivity index (χ0) is 33.7. The number of hydrogen-bond donors (Lipinski definition) is 0. The van der Waals surface area contributed by atoms with Crippen molar-refractivity contribution in [2.45, 2.75) is 6.42 Å². The van der Waals surface area contributed by atoms with Gasteiger partial charge in [0.05, 0.1) is 11.0 Å². The molecular formula is C46H30N4O. The number of benzene rings is 7. The molecule has 51 heavy (non-hydrogen) atoms. The molecule has 0 atom stereocenters. The molecule has 0 saturated heterocycles. The molecule has 0 unspecified atom stereocenters. The molecule has 0 aliphatic rings. The third-order valence-electron chi connectivity index (χ3n) is 9.69. The number of nitrogens with zero attached hydrogens (tertiary/aromatic N) is 4. The van der Waals surface area contributed by atoms with E-state index in [1.807, 2.05) is 66.7 Å². The van der Waals surface area contributed by atoms with Crippen LogP contribution in [0, 0.1) is 0 Å². The number of para-hydroxylation sites is 2. The Labute approximate surface area is 294 Å². The van der Waals surface area contributed by atoms with Gasteiger partial charge in [-0.15, -0.1) is 0 Å². The van der Waals surface area contributed by atoms with Crippen molar-refractivity contribution in [1.29, 1.82) is 0 Å². The quantitative estimate of drug-likeness (QED) is 0.179. The first-order chi connectivity index (χ1) is 25.3. The van der Waals surface area contributed by atoms with Crippen LogP contribution in [-0.4, -0.2) is 19.5 Å². The summed E-state index contributed by atoms with van der Waals surface area (Å²) in [7, 11) is 0. The molecule has 0 aliphatic heterocycles. The maximum Gasteiger partial charge on any atom is 0.163 e. The van der Waals surface area contributed by atoms with E-state index in [0.717, 1.165) is 66.7 Å². The number of rotatable bonds is 6. The first-order valence-electron chi connectivity index (χ1n) is 17.2. The molecule has 3 heterocycles. The lowest BCUT2D eigenvalue weighted by Crippen LogP contribution is -2.05. The van der Waals surface area contributed by atoms with Crippen LogP contribution in [0.4, 0.5) is 0 Å². The molecule has 7 aromatic carbocycles. The zero-order valence-electron chi connectivity index (χ0n) is 27.6. The highest BCUT2D eigenvalue weighted by Crippen LogP contribution is 2.38. The minimum Gasteiger partial charge on any atom is -0.456 e. The van der Waals surface area contributed by atoms with Crippen LogP contribution in [0.25, 0.3) is 83.3 Å². The van der Waals surface area contributed by atoms with E-state index in [0.29, 0.717) is 18.1 Å². The van der Waals surface area contributed by atoms with Gasteiger partial charge in [-0.05, 0) is 53.1 Å². The van der Waals surface area contributed by atoms with Gasteiger partial charge < -0.3 is 8.98 Å². The number of fused-ring (bicyclic) bond motifs is 6. The van der Waals surface area contributed by atoms with Gasteiger partial charge in [0.15, 0.2) is 11.6 Å². The van der Waals surface area contributed by atoms with Crippen molar-refractivity contribution in [3.63, 3.8) is 0 Å². The van der Waals surface area contributed by atoms with Crippen LogP contribution in [0.5, 0.6) is 0 Å². The first-order valence-corrected chi connectivity index (χ1v) is 17.2. The number of furan rings is 1. The molecule has 5 heteroatoms. The van der Waals surface area contributed by atoms with E-state index < -0.39 is 0 Å². The Bertz CT molecular complexity index is 2820. The van der Waals surface area contributed by atoms with Gasteiger partial charge in [-0.3, -0.25) is 0 Å². The van der Waals surface area contributed by atoms with Crippen molar-refractivity contribution in [1.82, 2.24) is 19.5 Å². The first kappa shape index (κ1) is 29.1. The second-order valence-corrected chi connectivity index (χ2v) is 12.8. The van der Waals surface area contributed by atoms with Crippen LogP contribution >= 0.6 is 0 Å². The fourth-order valence-electron chi connectivity index (χ4n) is 7.32. The molecule has 0 aliphatic carbocycles. The second kappa shape index (κ2) is 11.9. The Kier molecular flexibility index (Phi) is 6.81. The lowest BCUT2D eigenvalue weighted by atomic mass is 10.0. The predicted molar refractivity (Wildman–Crippen MR) is 207 cm³/mol. The highest BCUT2D eigenvalue weighted by atomic mass is 16.3. The summed E-state index contributed by atoms with van der Waals surface area (Å²) >= 11 is 0. The molecule has 240 valence electrons. The molecule has 0 radical (unpaired) electrons. The van der Waals surface area contributed by atoms with Crippen molar-refractivity contribution in [3.8, 4) is 39.6 Å². The van der Waals surface area contributed by atoms with Crippen molar-refractivity contribution in [2.24, 2.45) is 0 Å². The molecule has 0 bridgehead atoms. The largest absolute Gasteiger partial charge is 0.456 e. The molecule has 0 fully saturated rings. The van der Waals surface area contributed by atoms with Gasteiger partial charge >= 0.3 is 0 Å². The summed E-state index contributed by atoms with van der Waals surface area (Å²) in [5.74, 6) is 2.05. The summed E-state index contributed by atoms with van der Waals surface area (Å²) in [5, 5.41) is 4.57. The normalized spacial score (nSPS) is 11.6. The second-order valence-electron chi connectivity index (χ2n) is 12.8. The van der Waals surface area contributed by atoms with Crippen LogP contribution in [-0.2, 0) is 6.42 Å². The summed E-state index contributed by atoms with van der Waals surface area (Å²) in [5.41, 5.74) is 10.5. The Morgan fingerprint density at radius 2 is 1.02 bits per heavy atom. The summed E-state index contributed by atoms with van der Waals surface area (Å²) < 4.78 is 8.74. The van der Waals surface area contributed by atoms with E-state index in [9.17, 15) is 0 Å². The molecule has 0 amide bonds. The smallest absolute Gasteiger partial charge is 0.163 e. The molecule has 0 N–H and O–H groups in total. The molecule has 0 saturated carbocycles. The van der Waals surface area contributed by atoms with Crippen molar-refractivity contribution < 1.29 is 4.42 Å². The highest BCUT2D eigenvalue weighted by molar-refractivity contribution is 6.11. The summed E-state index contributed by atoms with van der Waals surface area (Å²) in [6, 6.07) is 58.9. The third kappa shape index (κ3) is 5.06. The Morgan fingerprint density at radius 1 is 0.431 bits per heavy atom. The van der Waals surface area contributed by atoms with Crippen LogP contribution in [0.2, 0.25) is 0 Å². The molecule has 10 aromatic rings. The Morgan fingerprint density at radius 3 is 1.73 bits per heavy atom. The maximum absolute atomic E-state index is 6.36. The zero-order valence-corrected chi connectivity index (χ0v) is 27.6. The van der Waals surface area contributed by atoms with Gasteiger partial charge in [0, 0.05) is 44.8 Å². The lowest BCUT2D eigenvalue weighted by molar-refractivity contribution is 0.669. The Balaban J connectivity index is 1.17. The van der Waals surface area contributed by atoms with Gasteiger partial charge in [0.25, 0.3) is 0 Å². The van der Waals surface area contributed by atoms with E-state index in [2.05, 4.69) is 108 Å². The summed E-state index contributed by atoms with van der Waals surface area (Å²) in [6.45, 7) is 0. The third-order valence-corrected chi connectivity index (χ3v) is 9.69. The summed E-state index contributed by atoms with van der Waals surface area (Å²) in [4.78, 5) is 15.0. The molecule has 10 rings (SSSR count). The van der Waals surface area contributed by atoms with Crippen LogP contribution in [0.15, 0.2) is 174 Å². The van der Waals surface area contributed by atoms with Crippen LogP contribution < -0.4 is 0 Å². The number of aromatic nitrogens is 4. The van der Waals surface area contributed by atoms with E-state index >= 15 is 0 Å². The summed E-state index contributed by atoms with van der Waals surface area (Å²) in [6.07, 6.45) is 0.535. The van der Waals surface area contributed by atoms with Crippen molar-refractivity contribution in [3.05, 3.63) is 181 Å². The average molecular weight is 655 g/mol. The van der Waals surface area contributed by atoms with E-state index in [4.69, 9.17) is 19.4 Å². The van der Waals surface area contributed by atoms with E-state index in [1.165, 1.54) is 16.3 Å². The SMILES string of the molecule is c1ccc(-c2ccc3oc4ccc(-n5c6ccccc6c6cccc(Cc7nc(-c8ccccc8)nc(-c8ccccc8)n7)c65)cc4c3c2)cc1. The van der Waals surface area contributed by atoms with Gasteiger partial charge in [-0.25, -0.2) is 15.0 Å². The average Bonchev–Trinajstić information content (AvgIpc) is 3.74. The van der Waals surface area contributed by atoms with Crippen molar-refractivity contribution in [2.75, 3.05) is 0 Å². The highest BCUT2D eigenvalue weighted by Gasteiger charge is 2.19. The molecule has 0 spiro atoms. The fraction of sp³-hybridized carbons (Fsp3) is 0.0217. The number of hydrogen-bond acceptors (Lipinski definition) is 4. The van der Waals surface area contributed by atoms with Gasteiger partial charge in [-0.2, -0.15) is 0 Å². The standard InChI is InChI=1S/C46H30N4O/c1-4-13-30(14-5-1)33-23-25-41-38(27-33)39-29-35(24-26-42(39)51-41)50-40-22-11-10-20-36(40)37-21-12-19-34(44(37)50)28-43-47-45(31-15-6-2-7-16-31)49-46(48-43)32-17-8-3-9-18-32/h1-27,29H,28H2. The van der Waals surface area contributed by atoms with Crippen LogP contribution in [0.1, 0.15) is 11.4 Å². The fourth-order valence-corrected chi connectivity index (χ4v) is 7.32. The van der Waals surface area contributed by atoms with E-state index in [-0.39, 0.29) is 0 Å². The predicted octanol–water partition coefficient (Wildman–Crippen LogP) is 11.5. The maximum atomic E-state index is 6.36. The van der Waals surface area contributed by atoms with Gasteiger partial charge in [0.1, 0.15) is 17.0 Å². The van der Waals surface area contributed by atoms with Crippen LogP contribution in [0.3, 0.4) is 0 Å². The topological polar surface area (TPSA) is 56.7 Å². The Hall–Kier alpha value is -6.85. The van der Waals surface area contributed by atoms with Crippen molar-refractivity contribution >= 4 is 43.7 Å².